The lowest BCUT2D eigenvalue weighted by molar-refractivity contribution is -0.151. The van der Waals surface area contributed by atoms with Crippen molar-refractivity contribution in [2.45, 2.75) is 225 Å². The molecule has 0 aromatic carbocycles. The Labute approximate surface area is 381 Å². The highest BCUT2D eigenvalue weighted by Gasteiger charge is 2.24. The van der Waals surface area contributed by atoms with Gasteiger partial charge in [-0.05, 0) is 83.5 Å². The van der Waals surface area contributed by atoms with Crippen LogP contribution in [-0.4, -0.2) is 46.9 Å². The van der Waals surface area contributed by atoms with Crippen LogP contribution in [0.15, 0.2) is 109 Å². The summed E-state index contributed by atoms with van der Waals surface area (Å²) in [4.78, 5) is 26.1. The minimum absolute atomic E-state index is 0.0218. The standard InChI is InChI=1S/C56H93NO5/c1-4-7-10-13-16-19-22-24-26-27-29-30-33-35-38-41-44-47-52(62-56(61)49-46-43-40-37-34-31-28-25-23-20-17-14-11-8-5-2)50-55(60)57-53(51-58)54(59)48-45-42-39-36-32-21-18-15-12-9-6-3/h7-8,10-11,14,16-17,19-20,23-26,28-30,35,38,52-54,58-59H,4-6,9,12-13,15,18,21-22,27,31-34,36-37,39-51H2,1-3H3,(H,57,60)/b10-7-,11-8+,17-14+,19-16-,23-20+,26-24-,28-25-,30-29-,38-35-. The molecule has 3 atom stereocenters. The van der Waals surface area contributed by atoms with Crippen molar-refractivity contribution in [3.05, 3.63) is 109 Å². The van der Waals surface area contributed by atoms with Gasteiger partial charge >= 0.3 is 5.97 Å². The van der Waals surface area contributed by atoms with E-state index < -0.39 is 18.2 Å². The highest BCUT2D eigenvalue weighted by atomic mass is 16.5. The Hall–Kier alpha value is -3.48. The van der Waals surface area contributed by atoms with Gasteiger partial charge in [0.1, 0.15) is 6.10 Å². The second-order valence-electron chi connectivity index (χ2n) is 16.5. The minimum atomic E-state index is -0.813. The zero-order chi connectivity index (χ0) is 45.2. The lowest BCUT2D eigenvalue weighted by atomic mass is 10.0. The van der Waals surface area contributed by atoms with Crippen LogP contribution in [0, 0.1) is 0 Å². The molecule has 0 rings (SSSR count). The van der Waals surface area contributed by atoms with E-state index in [4.69, 9.17) is 4.74 Å². The van der Waals surface area contributed by atoms with E-state index in [1.54, 1.807) is 0 Å². The average molecular weight is 860 g/mol. The molecule has 0 heterocycles. The van der Waals surface area contributed by atoms with Crippen LogP contribution >= 0.6 is 0 Å². The maximum atomic E-state index is 13.2. The van der Waals surface area contributed by atoms with Crippen molar-refractivity contribution in [2.24, 2.45) is 0 Å². The quantitative estimate of drug-likeness (QED) is 0.0246. The highest BCUT2D eigenvalue weighted by molar-refractivity contribution is 5.77. The molecular weight excluding hydrogens is 767 g/mol. The Morgan fingerprint density at radius 3 is 1.53 bits per heavy atom. The van der Waals surface area contributed by atoms with Crippen LogP contribution in [0.25, 0.3) is 0 Å². The van der Waals surface area contributed by atoms with Gasteiger partial charge in [0.2, 0.25) is 5.91 Å². The number of nitrogens with one attached hydrogen (secondary N) is 1. The predicted molar refractivity (Wildman–Crippen MR) is 268 cm³/mol. The van der Waals surface area contributed by atoms with E-state index in [1.165, 1.54) is 51.4 Å². The van der Waals surface area contributed by atoms with E-state index in [0.29, 0.717) is 19.3 Å². The summed E-state index contributed by atoms with van der Waals surface area (Å²) in [6.07, 6.45) is 65.7. The molecular formula is C56H93NO5. The Kier molecular flexibility index (Phi) is 45.8. The van der Waals surface area contributed by atoms with Crippen molar-refractivity contribution >= 4 is 11.9 Å². The summed E-state index contributed by atoms with van der Waals surface area (Å²) >= 11 is 0. The first-order valence-electron chi connectivity index (χ1n) is 25.2. The van der Waals surface area contributed by atoms with Crippen molar-refractivity contribution in [1.29, 1.82) is 0 Å². The fourth-order valence-corrected chi connectivity index (χ4v) is 6.94. The van der Waals surface area contributed by atoms with Gasteiger partial charge in [-0.1, -0.05) is 220 Å². The molecule has 0 aromatic rings. The summed E-state index contributed by atoms with van der Waals surface area (Å²) in [5, 5.41) is 23.7. The summed E-state index contributed by atoms with van der Waals surface area (Å²) in [5.74, 6) is -0.568. The molecule has 352 valence electrons. The number of carbonyl (C=O) groups excluding carboxylic acids is 2. The van der Waals surface area contributed by atoms with Gasteiger partial charge in [0.25, 0.3) is 0 Å². The van der Waals surface area contributed by atoms with Crippen molar-refractivity contribution < 1.29 is 24.5 Å². The summed E-state index contributed by atoms with van der Waals surface area (Å²) < 4.78 is 5.89. The van der Waals surface area contributed by atoms with Crippen molar-refractivity contribution in [3.63, 3.8) is 0 Å². The lowest BCUT2D eigenvalue weighted by Crippen LogP contribution is -2.46. The number of rotatable bonds is 43. The third-order valence-corrected chi connectivity index (χ3v) is 10.7. The molecule has 6 heteroatoms. The van der Waals surface area contributed by atoms with Crippen LogP contribution in [-0.2, 0) is 14.3 Å². The molecule has 0 aliphatic carbocycles. The third kappa shape index (κ3) is 43.2. The molecule has 3 N–H and O–H groups in total. The largest absolute Gasteiger partial charge is 0.462 e. The molecule has 0 bridgehead atoms. The first kappa shape index (κ1) is 58.5. The third-order valence-electron chi connectivity index (χ3n) is 10.7. The molecule has 3 unspecified atom stereocenters. The first-order valence-corrected chi connectivity index (χ1v) is 25.2. The Morgan fingerprint density at radius 1 is 0.500 bits per heavy atom. The van der Waals surface area contributed by atoms with Gasteiger partial charge in [0.15, 0.2) is 0 Å². The number of allylic oxidation sites excluding steroid dienone is 18. The zero-order valence-corrected chi connectivity index (χ0v) is 40.0. The fraction of sp³-hybridized carbons (Fsp3) is 0.643. The SMILES string of the molecule is CC/C=C\C/C=C\C/C=C\C/C=C\C/C=C\CCCC(CC(=O)NC(CO)C(O)CCCCCCCCCCCCC)OC(=O)CCCCCCC\C=C/C=C/C=C/C=C/CC. The molecule has 0 aliphatic rings. The molecule has 0 fully saturated rings. The van der Waals surface area contributed by atoms with Gasteiger partial charge in [-0.15, -0.1) is 0 Å². The Balaban J connectivity index is 4.78. The summed E-state index contributed by atoms with van der Waals surface area (Å²) in [5.41, 5.74) is 0. The van der Waals surface area contributed by atoms with Crippen molar-refractivity contribution in [3.8, 4) is 0 Å². The predicted octanol–water partition coefficient (Wildman–Crippen LogP) is 15.1. The molecule has 0 spiro atoms. The number of amides is 1. The average Bonchev–Trinajstić information content (AvgIpc) is 3.26. The van der Waals surface area contributed by atoms with E-state index in [9.17, 15) is 19.8 Å². The van der Waals surface area contributed by atoms with Crippen LogP contribution in [0.4, 0.5) is 0 Å². The molecule has 1 amide bonds. The summed E-state index contributed by atoms with van der Waals surface area (Å²) in [7, 11) is 0. The second kappa shape index (κ2) is 48.6. The number of aliphatic hydroxyl groups excluding tert-OH is 2. The smallest absolute Gasteiger partial charge is 0.306 e. The van der Waals surface area contributed by atoms with Crippen LogP contribution < -0.4 is 5.32 Å². The van der Waals surface area contributed by atoms with E-state index in [0.717, 1.165) is 109 Å². The Morgan fingerprint density at radius 2 is 0.968 bits per heavy atom. The number of hydrogen-bond acceptors (Lipinski definition) is 5. The zero-order valence-electron chi connectivity index (χ0n) is 40.0. The molecule has 0 aromatic heterocycles. The van der Waals surface area contributed by atoms with Gasteiger partial charge in [0.05, 0.1) is 25.2 Å². The van der Waals surface area contributed by atoms with E-state index >= 15 is 0 Å². The maximum Gasteiger partial charge on any atom is 0.306 e. The summed E-state index contributed by atoms with van der Waals surface area (Å²) in [6.45, 7) is 6.19. The number of aliphatic hydroxyl groups is 2. The molecule has 0 saturated carbocycles. The highest BCUT2D eigenvalue weighted by Crippen LogP contribution is 2.16. The van der Waals surface area contributed by atoms with Crippen LogP contribution in [0.5, 0.6) is 0 Å². The second-order valence-corrected chi connectivity index (χ2v) is 16.5. The molecule has 62 heavy (non-hydrogen) atoms. The normalized spacial score (nSPS) is 14.2. The lowest BCUT2D eigenvalue weighted by Gasteiger charge is -2.24. The minimum Gasteiger partial charge on any atom is -0.462 e. The number of carbonyl (C=O) groups is 2. The van der Waals surface area contributed by atoms with E-state index in [-0.39, 0.29) is 24.9 Å². The molecule has 0 aliphatic heterocycles. The van der Waals surface area contributed by atoms with Crippen molar-refractivity contribution in [2.75, 3.05) is 6.61 Å². The Bertz CT molecular complexity index is 1280. The number of esters is 1. The van der Waals surface area contributed by atoms with Gasteiger partial charge < -0.3 is 20.3 Å². The van der Waals surface area contributed by atoms with Gasteiger partial charge in [-0.2, -0.15) is 0 Å². The fourth-order valence-electron chi connectivity index (χ4n) is 6.94. The number of unbranched alkanes of at least 4 members (excludes halogenated alkanes) is 16. The number of ether oxygens (including phenoxy) is 1. The van der Waals surface area contributed by atoms with E-state index in [2.05, 4.69) is 117 Å². The van der Waals surface area contributed by atoms with Crippen LogP contribution in [0.3, 0.4) is 0 Å². The van der Waals surface area contributed by atoms with Crippen LogP contribution in [0.1, 0.15) is 207 Å². The summed E-state index contributed by atoms with van der Waals surface area (Å²) in [6, 6.07) is -0.731. The molecule has 0 radical (unpaired) electrons. The monoisotopic (exact) mass is 860 g/mol. The van der Waals surface area contributed by atoms with Crippen molar-refractivity contribution in [1.82, 2.24) is 5.32 Å². The van der Waals surface area contributed by atoms with Gasteiger partial charge in [0, 0.05) is 6.42 Å². The maximum absolute atomic E-state index is 13.2. The molecule has 0 saturated heterocycles. The van der Waals surface area contributed by atoms with Crippen LogP contribution in [0.2, 0.25) is 0 Å². The number of hydrogen-bond donors (Lipinski definition) is 3. The molecule has 6 nitrogen and oxygen atoms in total. The van der Waals surface area contributed by atoms with Gasteiger partial charge in [-0.3, -0.25) is 9.59 Å². The van der Waals surface area contributed by atoms with Gasteiger partial charge in [-0.25, -0.2) is 0 Å². The topological polar surface area (TPSA) is 95.9 Å². The van der Waals surface area contributed by atoms with E-state index in [1.807, 2.05) is 18.2 Å². The first-order chi connectivity index (χ1) is 30.5.